The molecule has 0 aliphatic heterocycles. The van der Waals surface area contributed by atoms with Gasteiger partial charge in [0, 0.05) is 37.0 Å². The Kier molecular flexibility index (Phi) is 12.2. The minimum atomic E-state index is -4.65. The summed E-state index contributed by atoms with van der Waals surface area (Å²) in [6, 6.07) is 19.2. The first-order chi connectivity index (χ1) is 20.7. The molecule has 12 heteroatoms. The van der Waals surface area contributed by atoms with Crippen molar-refractivity contribution in [3.63, 3.8) is 0 Å². The summed E-state index contributed by atoms with van der Waals surface area (Å²) in [5, 5.41) is 3.44. The van der Waals surface area contributed by atoms with Crippen LogP contribution < -0.4 is 9.62 Å². The number of amides is 2. The number of rotatable bonds is 14. The van der Waals surface area contributed by atoms with Gasteiger partial charge < -0.3 is 10.2 Å². The Morgan fingerprint density at radius 2 is 1.61 bits per heavy atom. The van der Waals surface area contributed by atoms with Crippen LogP contribution in [0.2, 0.25) is 5.02 Å². The first-order valence-corrected chi connectivity index (χ1v) is 16.4. The van der Waals surface area contributed by atoms with Gasteiger partial charge in [0.25, 0.3) is 0 Å². The van der Waals surface area contributed by atoms with Crippen molar-refractivity contribution < 1.29 is 31.2 Å². The summed E-state index contributed by atoms with van der Waals surface area (Å²) in [4.78, 5) is 29.0. The number of anilines is 1. The van der Waals surface area contributed by atoms with E-state index < -0.39 is 33.7 Å². The van der Waals surface area contributed by atoms with Gasteiger partial charge >= 0.3 is 6.18 Å². The average Bonchev–Trinajstić information content (AvgIpc) is 2.96. The number of carbonyl (C=O) groups excluding carboxylic acids is 2. The summed E-state index contributed by atoms with van der Waals surface area (Å²) in [6.07, 6.45) is -3.00. The Morgan fingerprint density at radius 1 is 0.955 bits per heavy atom. The summed E-state index contributed by atoms with van der Waals surface area (Å²) in [5.74, 6) is -0.747. The van der Waals surface area contributed by atoms with Crippen molar-refractivity contribution in [3.05, 3.63) is 101 Å². The lowest BCUT2D eigenvalue weighted by atomic mass is 10.0. The van der Waals surface area contributed by atoms with Crippen LogP contribution in [0.1, 0.15) is 49.8 Å². The van der Waals surface area contributed by atoms with Crippen molar-refractivity contribution in [2.75, 3.05) is 17.1 Å². The predicted octanol–water partition coefficient (Wildman–Crippen LogP) is 6.46. The third kappa shape index (κ3) is 10.3. The molecule has 2 amide bonds. The fourth-order valence-corrected chi connectivity index (χ4v) is 5.84. The normalized spacial score (nSPS) is 13.2. The van der Waals surface area contributed by atoms with E-state index in [4.69, 9.17) is 11.6 Å². The highest BCUT2D eigenvalue weighted by molar-refractivity contribution is 7.92. The summed E-state index contributed by atoms with van der Waals surface area (Å²) < 4.78 is 66.0. The molecular weight excluding hydrogens is 615 g/mol. The second kappa shape index (κ2) is 15.4. The molecule has 3 aromatic carbocycles. The fourth-order valence-electron chi connectivity index (χ4n) is 4.67. The predicted molar refractivity (Wildman–Crippen MR) is 167 cm³/mol. The number of nitrogens with one attached hydrogen (secondary N) is 1. The zero-order valence-corrected chi connectivity index (χ0v) is 26.4. The molecule has 3 aromatic rings. The number of nitrogens with zero attached hydrogens (tertiary/aromatic N) is 2. The summed E-state index contributed by atoms with van der Waals surface area (Å²) in [6.45, 7) is 3.63. The van der Waals surface area contributed by atoms with Crippen LogP contribution in [0.3, 0.4) is 0 Å². The molecule has 0 fully saturated rings. The van der Waals surface area contributed by atoms with Gasteiger partial charge in [-0.3, -0.25) is 13.9 Å². The van der Waals surface area contributed by atoms with E-state index >= 15 is 0 Å². The monoisotopic (exact) mass is 651 g/mol. The van der Waals surface area contributed by atoms with Crippen molar-refractivity contribution in [2.45, 2.75) is 64.3 Å². The van der Waals surface area contributed by atoms with Crippen LogP contribution in [0.5, 0.6) is 0 Å². The molecule has 0 saturated heterocycles. The molecule has 0 unspecified atom stereocenters. The van der Waals surface area contributed by atoms with Gasteiger partial charge in [-0.1, -0.05) is 67.1 Å². The van der Waals surface area contributed by atoms with E-state index in [9.17, 15) is 31.2 Å². The van der Waals surface area contributed by atoms with Crippen molar-refractivity contribution in [3.8, 4) is 0 Å². The quantitative estimate of drug-likeness (QED) is 0.217. The lowest BCUT2D eigenvalue weighted by Gasteiger charge is -2.33. The standard InChI is InChI=1S/C32H37ClF3N3O4S/c1-4-23(2)37-31(41)29(20-24-11-6-5-7-12-24)38(22-25-13-8-15-27(33)19-25)30(40)17-10-18-39(44(3,42)43)28-16-9-14-26(21-28)32(34,35)36/h5-9,11-16,19,21,23,29H,4,10,17-18,20,22H2,1-3H3,(H,37,41)/t23-,29-/m1/s1. The maximum Gasteiger partial charge on any atom is 0.416 e. The molecular formula is C32H37ClF3N3O4S. The van der Waals surface area contributed by atoms with Crippen LogP contribution in [-0.4, -0.2) is 50.0 Å². The molecule has 238 valence electrons. The summed E-state index contributed by atoms with van der Waals surface area (Å²) in [5.41, 5.74) is 0.402. The second-order valence-corrected chi connectivity index (χ2v) is 13.0. The Labute approximate surface area is 262 Å². The number of sulfonamides is 1. The van der Waals surface area contributed by atoms with E-state index in [1.807, 2.05) is 44.2 Å². The molecule has 0 aromatic heterocycles. The molecule has 3 rings (SSSR count). The highest BCUT2D eigenvalue weighted by Crippen LogP contribution is 2.32. The van der Waals surface area contributed by atoms with Crippen LogP contribution in [-0.2, 0) is 38.8 Å². The number of hydrogen-bond acceptors (Lipinski definition) is 4. The number of hydrogen-bond donors (Lipinski definition) is 1. The number of benzene rings is 3. The van der Waals surface area contributed by atoms with Crippen molar-refractivity contribution in [1.29, 1.82) is 0 Å². The SMILES string of the molecule is CC[C@@H](C)NC(=O)[C@@H](Cc1ccccc1)N(Cc1cccc(Cl)c1)C(=O)CCCN(c1cccc(C(F)(F)F)c1)S(C)(=O)=O. The molecule has 44 heavy (non-hydrogen) atoms. The Bertz CT molecular complexity index is 1520. The molecule has 0 radical (unpaired) electrons. The van der Waals surface area contributed by atoms with Crippen LogP contribution in [0.4, 0.5) is 18.9 Å². The van der Waals surface area contributed by atoms with Gasteiger partial charge in [0.15, 0.2) is 0 Å². The molecule has 0 bridgehead atoms. The molecule has 0 heterocycles. The van der Waals surface area contributed by atoms with Gasteiger partial charge in [-0.05, 0) is 61.2 Å². The van der Waals surface area contributed by atoms with Gasteiger partial charge in [0.1, 0.15) is 6.04 Å². The molecule has 0 saturated carbocycles. The molecule has 0 aliphatic carbocycles. The highest BCUT2D eigenvalue weighted by atomic mass is 35.5. The number of alkyl halides is 3. The van der Waals surface area contributed by atoms with Crippen molar-refractivity contribution >= 4 is 39.1 Å². The Hall–Kier alpha value is -3.57. The summed E-state index contributed by atoms with van der Waals surface area (Å²) in [7, 11) is -3.98. The molecule has 1 N–H and O–H groups in total. The van der Waals surface area contributed by atoms with Gasteiger partial charge in [-0.15, -0.1) is 0 Å². The topological polar surface area (TPSA) is 86.8 Å². The zero-order valence-electron chi connectivity index (χ0n) is 24.9. The molecule has 2 atom stereocenters. The zero-order chi connectivity index (χ0) is 32.5. The number of halogens is 4. The average molecular weight is 652 g/mol. The van der Waals surface area contributed by atoms with E-state index in [-0.39, 0.29) is 50.0 Å². The first kappa shape index (κ1) is 34.9. The number of carbonyl (C=O) groups is 2. The largest absolute Gasteiger partial charge is 0.416 e. The van der Waals surface area contributed by atoms with E-state index in [0.717, 1.165) is 34.3 Å². The van der Waals surface area contributed by atoms with Crippen LogP contribution in [0, 0.1) is 0 Å². The van der Waals surface area contributed by atoms with Gasteiger partial charge in [-0.25, -0.2) is 8.42 Å². The van der Waals surface area contributed by atoms with Crippen LogP contribution in [0.25, 0.3) is 0 Å². The molecule has 7 nitrogen and oxygen atoms in total. The summed E-state index contributed by atoms with van der Waals surface area (Å²) >= 11 is 6.21. The Balaban J connectivity index is 1.91. The van der Waals surface area contributed by atoms with E-state index in [1.165, 1.54) is 11.0 Å². The van der Waals surface area contributed by atoms with Gasteiger partial charge in [0.05, 0.1) is 17.5 Å². The molecule has 0 aliphatic rings. The maximum absolute atomic E-state index is 13.9. The van der Waals surface area contributed by atoms with Crippen molar-refractivity contribution in [2.24, 2.45) is 0 Å². The minimum Gasteiger partial charge on any atom is -0.352 e. The van der Waals surface area contributed by atoms with Gasteiger partial charge in [0.2, 0.25) is 21.8 Å². The van der Waals surface area contributed by atoms with Crippen LogP contribution in [0.15, 0.2) is 78.9 Å². The maximum atomic E-state index is 13.9. The molecule has 0 spiro atoms. The van der Waals surface area contributed by atoms with E-state index in [1.54, 1.807) is 24.3 Å². The lowest BCUT2D eigenvalue weighted by molar-refractivity contribution is -0.141. The van der Waals surface area contributed by atoms with Gasteiger partial charge in [-0.2, -0.15) is 13.2 Å². The smallest absolute Gasteiger partial charge is 0.352 e. The highest BCUT2D eigenvalue weighted by Gasteiger charge is 2.33. The Morgan fingerprint density at radius 3 is 2.23 bits per heavy atom. The van der Waals surface area contributed by atoms with Crippen LogP contribution >= 0.6 is 11.6 Å². The third-order valence-corrected chi connectivity index (χ3v) is 8.56. The fraction of sp³-hybridized carbons (Fsp3) is 0.375. The minimum absolute atomic E-state index is 0.000760. The van der Waals surface area contributed by atoms with E-state index in [2.05, 4.69) is 5.32 Å². The lowest BCUT2D eigenvalue weighted by Crippen LogP contribution is -2.52. The van der Waals surface area contributed by atoms with E-state index in [0.29, 0.717) is 17.0 Å². The third-order valence-electron chi connectivity index (χ3n) is 7.13. The first-order valence-electron chi connectivity index (χ1n) is 14.2. The second-order valence-electron chi connectivity index (χ2n) is 10.7. The van der Waals surface area contributed by atoms with Crippen molar-refractivity contribution in [1.82, 2.24) is 10.2 Å².